The number of hydrogen-bond acceptors (Lipinski definition) is 5. The van der Waals surface area contributed by atoms with Crippen molar-refractivity contribution in [2.45, 2.75) is 6.92 Å². The van der Waals surface area contributed by atoms with Gasteiger partial charge < -0.3 is 20.6 Å². The fraction of sp³-hybridized carbons (Fsp3) is 0.286. The van der Waals surface area contributed by atoms with Crippen LogP contribution in [0.2, 0.25) is 0 Å². The lowest BCUT2D eigenvalue weighted by molar-refractivity contribution is 0.318. The zero-order valence-electron chi connectivity index (χ0n) is 12.5. The Morgan fingerprint density at radius 2 is 2.19 bits per heavy atom. The number of aromatic nitrogens is 2. The Balaban J connectivity index is 2.55. The van der Waals surface area contributed by atoms with Crippen LogP contribution >= 0.6 is 0 Å². The third kappa shape index (κ3) is 2.62. The van der Waals surface area contributed by atoms with Gasteiger partial charge in [0.15, 0.2) is 5.84 Å². The predicted octanol–water partition coefficient (Wildman–Crippen LogP) is 1.60. The lowest BCUT2D eigenvalue weighted by Crippen LogP contribution is -2.21. The Hall–Kier alpha value is -2.70. The van der Waals surface area contributed by atoms with Crippen LogP contribution in [0.4, 0.5) is 11.5 Å². The summed E-state index contributed by atoms with van der Waals surface area (Å²) in [5.41, 5.74) is 7.98. The van der Waals surface area contributed by atoms with Crippen LogP contribution in [0.25, 0.3) is 0 Å². The van der Waals surface area contributed by atoms with E-state index < -0.39 is 0 Å². The van der Waals surface area contributed by atoms with E-state index in [1.165, 1.54) is 0 Å². The molecule has 0 spiro atoms. The summed E-state index contributed by atoms with van der Waals surface area (Å²) in [6.07, 6.45) is 0. The minimum Gasteiger partial charge on any atom is -0.497 e. The maximum absolute atomic E-state index is 8.97. The molecule has 0 atom stereocenters. The fourth-order valence-corrected chi connectivity index (χ4v) is 2.32. The molecule has 0 aliphatic heterocycles. The van der Waals surface area contributed by atoms with E-state index in [1.54, 1.807) is 11.8 Å². The van der Waals surface area contributed by atoms with Crippen molar-refractivity contribution in [2.75, 3.05) is 19.1 Å². The summed E-state index contributed by atoms with van der Waals surface area (Å²) >= 11 is 0. The maximum Gasteiger partial charge on any atom is 0.175 e. The molecule has 0 aliphatic rings. The van der Waals surface area contributed by atoms with Crippen molar-refractivity contribution in [3.8, 4) is 5.75 Å². The maximum atomic E-state index is 8.97. The van der Waals surface area contributed by atoms with Gasteiger partial charge in [-0.2, -0.15) is 5.10 Å². The molecule has 1 heterocycles. The Kier molecular flexibility index (Phi) is 4.02. The number of amidine groups is 1. The van der Waals surface area contributed by atoms with Gasteiger partial charge >= 0.3 is 0 Å². The lowest BCUT2D eigenvalue weighted by atomic mass is 10.2. The van der Waals surface area contributed by atoms with Crippen molar-refractivity contribution in [1.82, 2.24) is 9.78 Å². The highest BCUT2D eigenvalue weighted by atomic mass is 16.5. The molecule has 21 heavy (non-hydrogen) atoms. The Morgan fingerprint density at radius 3 is 2.81 bits per heavy atom. The number of aryl methyl sites for hydroxylation is 2. The van der Waals surface area contributed by atoms with E-state index in [1.807, 2.05) is 50.2 Å². The number of rotatable bonds is 4. The summed E-state index contributed by atoms with van der Waals surface area (Å²) in [4.78, 5) is 1.91. The highest BCUT2D eigenvalue weighted by molar-refractivity contribution is 6.03. The normalized spacial score (nSPS) is 11.5. The van der Waals surface area contributed by atoms with E-state index in [-0.39, 0.29) is 5.84 Å². The van der Waals surface area contributed by atoms with E-state index in [0.717, 1.165) is 17.3 Å². The largest absolute Gasteiger partial charge is 0.497 e. The number of nitrogens with zero attached hydrogens (tertiary/aromatic N) is 4. The molecule has 0 amide bonds. The Bertz CT molecular complexity index is 678. The van der Waals surface area contributed by atoms with Gasteiger partial charge in [0.05, 0.1) is 18.4 Å². The summed E-state index contributed by atoms with van der Waals surface area (Å²) in [6, 6.07) is 7.62. The van der Waals surface area contributed by atoms with Crippen LogP contribution in [0.3, 0.4) is 0 Å². The number of hydrogen-bond donors (Lipinski definition) is 2. The molecule has 0 saturated heterocycles. The Labute approximate surface area is 123 Å². The fourth-order valence-electron chi connectivity index (χ4n) is 2.32. The number of methoxy groups -OCH3 is 1. The lowest BCUT2D eigenvalue weighted by Gasteiger charge is -2.21. The van der Waals surface area contributed by atoms with Crippen molar-refractivity contribution in [3.05, 3.63) is 35.5 Å². The first kappa shape index (κ1) is 14.7. The average molecular weight is 289 g/mol. The number of anilines is 2. The van der Waals surface area contributed by atoms with Crippen LogP contribution in [0, 0.1) is 6.92 Å². The van der Waals surface area contributed by atoms with Crippen molar-refractivity contribution < 1.29 is 9.94 Å². The average Bonchev–Trinajstić information content (AvgIpc) is 2.80. The third-order valence-corrected chi connectivity index (χ3v) is 3.31. The van der Waals surface area contributed by atoms with Crippen molar-refractivity contribution in [1.29, 1.82) is 0 Å². The number of nitrogens with two attached hydrogens (primary N) is 1. The van der Waals surface area contributed by atoms with Crippen LogP contribution in [-0.4, -0.2) is 35.0 Å². The summed E-state index contributed by atoms with van der Waals surface area (Å²) in [7, 11) is 5.32. The first-order chi connectivity index (χ1) is 9.99. The van der Waals surface area contributed by atoms with Gasteiger partial charge in [0.2, 0.25) is 0 Å². The quantitative estimate of drug-likeness (QED) is 0.386. The molecule has 2 aromatic rings. The molecule has 1 aromatic carbocycles. The van der Waals surface area contributed by atoms with Crippen LogP contribution in [0.15, 0.2) is 29.4 Å². The summed E-state index contributed by atoms with van der Waals surface area (Å²) < 4.78 is 6.93. The van der Waals surface area contributed by atoms with E-state index in [2.05, 4.69) is 10.3 Å². The summed E-state index contributed by atoms with van der Waals surface area (Å²) in [5.74, 6) is 1.52. The van der Waals surface area contributed by atoms with Gasteiger partial charge in [-0.3, -0.25) is 4.68 Å². The van der Waals surface area contributed by atoms with Crippen LogP contribution in [0.5, 0.6) is 5.75 Å². The van der Waals surface area contributed by atoms with Gasteiger partial charge in [-0.25, -0.2) is 0 Å². The smallest absolute Gasteiger partial charge is 0.175 e. The van der Waals surface area contributed by atoms with Crippen molar-refractivity contribution in [3.63, 3.8) is 0 Å². The molecule has 7 nitrogen and oxygen atoms in total. The number of ether oxygens (including phenoxy) is 1. The van der Waals surface area contributed by atoms with Gasteiger partial charge in [-0.05, 0) is 19.1 Å². The monoisotopic (exact) mass is 289 g/mol. The van der Waals surface area contributed by atoms with E-state index in [9.17, 15) is 0 Å². The molecule has 3 N–H and O–H groups in total. The van der Waals surface area contributed by atoms with Crippen LogP contribution in [0.1, 0.15) is 11.3 Å². The zero-order valence-corrected chi connectivity index (χ0v) is 12.5. The first-order valence-corrected chi connectivity index (χ1v) is 6.38. The standard InChI is InChI=1S/C14H19N5O2/c1-9-12(13(15)17-20)14(19(3)16-9)18(2)10-6-5-7-11(8-10)21-4/h5-8,20H,1-4H3,(H2,15,17). The molecule has 0 bridgehead atoms. The molecule has 112 valence electrons. The zero-order chi connectivity index (χ0) is 15.6. The molecular formula is C14H19N5O2. The second-order valence-corrected chi connectivity index (χ2v) is 4.65. The van der Waals surface area contributed by atoms with E-state index in [0.29, 0.717) is 11.3 Å². The number of oxime groups is 1. The van der Waals surface area contributed by atoms with Crippen LogP contribution in [-0.2, 0) is 7.05 Å². The molecule has 7 heteroatoms. The van der Waals surface area contributed by atoms with E-state index >= 15 is 0 Å². The predicted molar refractivity (Wildman–Crippen MR) is 81.5 cm³/mol. The minimum absolute atomic E-state index is 0.0327. The third-order valence-electron chi connectivity index (χ3n) is 3.31. The molecule has 0 radical (unpaired) electrons. The molecule has 0 aliphatic carbocycles. The first-order valence-electron chi connectivity index (χ1n) is 6.38. The van der Waals surface area contributed by atoms with Crippen molar-refractivity contribution >= 4 is 17.3 Å². The highest BCUT2D eigenvalue weighted by Crippen LogP contribution is 2.30. The summed E-state index contributed by atoms with van der Waals surface area (Å²) in [5, 5.41) is 16.4. The molecule has 0 saturated carbocycles. The minimum atomic E-state index is 0.0327. The summed E-state index contributed by atoms with van der Waals surface area (Å²) in [6.45, 7) is 1.82. The molecule has 0 fully saturated rings. The van der Waals surface area contributed by atoms with Gasteiger partial charge in [-0.15, -0.1) is 0 Å². The SMILES string of the molecule is COc1cccc(N(C)c2c(C(N)=NO)c(C)nn2C)c1. The second kappa shape index (κ2) is 5.74. The van der Waals surface area contributed by atoms with Gasteiger partial charge in [-0.1, -0.05) is 11.2 Å². The van der Waals surface area contributed by atoms with Gasteiger partial charge in [0.1, 0.15) is 11.6 Å². The molecule has 0 unspecified atom stereocenters. The topological polar surface area (TPSA) is 88.9 Å². The Morgan fingerprint density at radius 1 is 1.48 bits per heavy atom. The van der Waals surface area contributed by atoms with E-state index in [4.69, 9.17) is 15.7 Å². The highest BCUT2D eigenvalue weighted by Gasteiger charge is 2.21. The van der Waals surface area contributed by atoms with Crippen molar-refractivity contribution in [2.24, 2.45) is 17.9 Å². The second-order valence-electron chi connectivity index (χ2n) is 4.65. The molecule has 2 rings (SSSR count). The molecule has 1 aromatic heterocycles. The number of benzene rings is 1. The molecular weight excluding hydrogens is 270 g/mol. The van der Waals surface area contributed by atoms with Gasteiger partial charge in [0, 0.05) is 25.8 Å². The van der Waals surface area contributed by atoms with Crippen LogP contribution < -0.4 is 15.4 Å². The van der Waals surface area contributed by atoms with Gasteiger partial charge in [0.25, 0.3) is 0 Å².